The fraction of sp³-hybridized carbons (Fsp3) is 0.750. The summed E-state index contributed by atoms with van der Waals surface area (Å²) >= 11 is 0. The van der Waals surface area contributed by atoms with Gasteiger partial charge in [-0.25, -0.2) is 0 Å². The zero-order chi connectivity index (χ0) is 9.40. The summed E-state index contributed by atoms with van der Waals surface area (Å²) < 4.78 is 4.63. The Labute approximate surface area is 71.5 Å². The molecule has 0 aromatic heterocycles. The van der Waals surface area contributed by atoms with Crippen molar-refractivity contribution in [2.75, 3.05) is 6.61 Å². The van der Waals surface area contributed by atoms with Crippen LogP contribution in [0.5, 0.6) is 0 Å². The molecule has 0 aliphatic rings. The van der Waals surface area contributed by atoms with Gasteiger partial charge in [0.25, 0.3) is 0 Å². The molecule has 0 spiro atoms. The highest BCUT2D eigenvalue weighted by Crippen LogP contribution is 1.99. The minimum Gasteiger partial charge on any atom is -0.466 e. The van der Waals surface area contributed by atoms with Crippen molar-refractivity contribution in [3.63, 3.8) is 0 Å². The van der Waals surface area contributed by atoms with E-state index >= 15 is 0 Å². The third kappa shape index (κ3) is 7.21. The van der Waals surface area contributed by atoms with Crippen LogP contribution in [-0.2, 0) is 14.3 Å². The van der Waals surface area contributed by atoms with Crippen LogP contribution in [0.4, 0.5) is 0 Å². The Hall–Kier alpha value is -0.900. The molecule has 12 heavy (non-hydrogen) atoms. The van der Waals surface area contributed by atoms with E-state index in [2.05, 4.69) is 4.74 Å². The fourth-order valence-corrected chi connectivity index (χ4v) is 0.764. The van der Waals surface area contributed by atoms with Gasteiger partial charge in [-0.2, -0.15) is 0 Å². The van der Waals surface area contributed by atoms with Crippen molar-refractivity contribution in [2.24, 2.45) is 0 Å². The summed E-state index contributed by atoms with van der Waals surface area (Å²) in [7, 11) is 0. The number of aliphatic hydroxyl groups is 1. The van der Waals surface area contributed by atoms with E-state index in [0.29, 0.717) is 25.7 Å². The van der Waals surface area contributed by atoms with E-state index in [1.807, 2.05) is 0 Å². The number of ether oxygens (including phenoxy) is 1. The minimum absolute atomic E-state index is 0.153. The Morgan fingerprint density at radius 2 is 2.33 bits per heavy atom. The van der Waals surface area contributed by atoms with Gasteiger partial charge in [0.15, 0.2) is 0 Å². The van der Waals surface area contributed by atoms with Crippen LogP contribution in [0.2, 0.25) is 0 Å². The van der Waals surface area contributed by atoms with E-state index in [9.17, 15) is 9.59 Å². The van der Waals surface area contributed by atoms with Crippen LogP contribution in [-0.4, -0.2) is 30.1 Å². The average Bonchev–Trinajstić information content (AvgIpc) is 1.98. The Balaban J connectivity index is 3.18. The number of hydrogen-bond acceptors (Lipinski definition) is 4. The van der Waals surface area contributed by atoms with Gasteiger partial charge in [0, 0.05) is 13.3 Å². The van der Waals surface area contributed by atoms with Crippen molar-refractivity contribution >= 4 is 12.3 Å². The van der Waals surface area contributed by atoms with Gasteiger partial charge >= 0.3 is 5.97 Å². The van der Waals surface area contributed by atoms with Crippen molar-refractivity contribution in [2.45, 2.75) is 32.3 Å². The molecule has 0 heterocycles. The number of carbonyl (C=O) groups is 2. The van der Waals surface area contributed by atoms with E-state index < -0.39 is 6.10 Å². The van der Waals surface area contributed by atoms with Gasteiger partial charge in [-0.05, 0) is 12.8 Å². The molecule has 70 valence electrons. The van der Waals surface area contributed by atoms with Crippen LogP contribution >= 0.6 is 0 Å². The molecule has 0 amide bonds. The first kappa shape index (κ1) is 11.1. The van der Waals surface area contributed by atoms with E-state index in [4.69, 9.17) is 5.11 Å². The second-order valence-corrected chi connectivity index (χ2v) is 2.54. The summed E-state index contributed by atoms with van der Waals surface area (Å²) in [6, 6.07) is 0. The topological polar surface area (TPSA) is 63.6 Å². The number of esters is 1. The third-order valence-corrected chi connectivity index (χ3v) is 1.36. The van der Waals surface area contributed by atoms with Gasteiger partial charge < -0.3 is 14.6 Å². The molecule has 0 aromatic carbocycles. The molecule has 0 radical (unpaired) electrons. The zero-order valence-electron chi connectivity index (χ0n) is 7.16. The van der Waals surface area contributed by atoms with E-state index in [1.165, 1.54) is 6.92 Å². The Morgan fingerprint density at radius 3 is 2.83 bits per heavy atom. The maximum absolute atomic E-state index is 10.3. The normalized spacial score (nSPS) is 12.2. The quantitative estimate of drug-likeness (QED) is 0.357. The van der Waals surface area contributed by atoms with Gasteiger partial charge in [0.2, 0.25) is 0 Å². The van der Waals surface area contributed by atoms with Gasteiger partial charge in [-0.1, -0.05) is 0 Å². The van der Waals surface area contributed by atoms with Crippen molar-refractivity contribution in [1.82, 2.24) is 0 Å². The van der Waals surface area contributed by atoms with Crippen LogP contribution in [0, 0.1) is 0 Å². The summed E-state index contributed by atoms with van der Waals surface area (Å²) in [6.07, 6.45) is 1.31. The van der Waals surface area contributed by atoms with E-state index in [0.717, 1.165) is 0 Å². The Kier molecular flexibility index (Phi) is 6.28. The molecule has 4 heteroatoms. The highest BCUT2D eigenvalue weighted by Gasteiger charge is 2.02. The van der Waals surface area contributed by atoms with E-state index in [1.54, 1.807) is 0 Å². The standard InChI is InChI=1S/C8H14O4/c1-7(10)12-6-2-3-8(11)4-5-9/h5,8,11H,2-4,6H2,1H3. The molecule has 0 aliphatic carbocycles. The van der Waals surface area contributed by atoms with Crippen LogP contribution < -0.4 is 0 Å². The lowest BCUT2D eigenvalue weighted by Gasteiger charge is -2.05. The number of carbonyl (C=O) groups excluding carboxylic acids is 2. The molecule has 0 saturated carbocycles. The highest BCUT2D eigenvalue weighted by molar-refractivity contribution is 5.65. The first-order valence-corrected chi connectivity index (χ1v) is 3.92. The minimum atomic E-state index is -0.599. The molecular formula is C8H14O4. The van der Waals surface area contributed by atoms with Gasteiger partial charge in [-0.15, -0.1) is 0 Å². The molecule has 0 saturated heterocycles. The summed E-state index contributed by atoms with van der Waals surface area (Å²) in [5.74, 6) is -0.320. The maximum Gasteiger partial charge on any atom is 0.302 e. The van der Waals surface area contributed by atoms with Crippen molar-refractivity contribution in [1.29, 1.82) is 0 Å². The fourth-order valence-electron chi connectivity index (χ4n) is 0.764. The second kappa shape index (κ2) is 6.79. The molecule has 1 unspecified atom stereocenters. The molecular weight excluding hydrogens is 160 g/mol. The summed E-state index contributed by atoms with van der Waals surface area (Å²) in [6.45, 7) is 1.65. The molecule has 1 N–H and O–H groups in total. The van der Waals surface area contributed by atoms with Crippen LogP contribution in [0.3, 0.4) is 0 Å². The Morgan fingerprint density at radius 1 is 1.67 bits per heavy atom. The Bertz CT molecular complexity index is 144. The highest BCUT2D eigenvalue weighted by atomic mass is 16.5. The second-order valence-electron chi connectivity index (χ2n) is 2.54. The third-order valence-electron chi connectivity index (χ3n) is 1.36. The first-order valence-electron chi connectivity index (χ1n) is 3.92. The molecule has 4 nitrogen and oxygen atoms in total. The average molecular weight is 174 g/mol. The number of hydrogen-bond donors (Lipinski definition) is 1. The van der Waals surface area contributed by atoms with Crippen LogP contribution in [0.1, 0.15) is 26.2 Å². The summed E-state index contributed by atoms with van der Waals surface area (Å²) in [5.41, 5.74) is 0. The first-order chi connectivity index (χ1) is 5.66. The lowest BCUT2D eigenvalue weighted by Crippen LogP contribution is -2.09. The maximum atomic E-state index is 10.3. The van der Waals surface area contributed by atoms with Crippen LogP contribution in [0.15, 0.2) is 0 Å². The molecule has 0 bridgehead atoms. The number of rotatable bonds is 6. The zero-order valence-corrected chi connectivity index (χ0v) is 7.16. The van der Waals surface area contributed by atoms with Crippen molar-refractivity contribution < 1.29 is 19.4 Å². The lowest BCUT2D eigenvalue weighted by molar-refractivity contribution is -0.141. The number of aliphatic hydroxyl groups excluding tert-OH is 1. The molecule has 1 atom stereocenters. The summed E-state index contributed by atoms with van der Waals surface area (Å²) in [4.78, 5) is 20.2. The predicted octanol–water partition coefficient (Wildman–Crippen LogP) is 0.280. The smallest absolute Gasteiger partial charge is 0.302 e. The largest absolute Gasteiger partial charge is 0.466 e. The molecule has 0 fully saturated rings. The van der Waals surface area contributed by atoms with Gasteiger partial charge in [0.1, 0.15) is 6.29 Å². The van der Waals surface area contributed by atoms with Crippen molar-refractivity contribution in [3.8, 4) is 0 Å². The molecule has 0 aliphatic heterocycles. The monoisotopic (exact) mass is 174 g/mol. The SMILES string of the molecule is CC(=O)OCCCC(O)CC=O. The van der Waals surface area contributed by atoms with E-state index in [-0.39, 0.29) is 12.4 Å². The number of aldehydes is 1. The molecule has 0 aromatic rings. The van der Waals surface area contributed by atoms with Gasteiger partial charge in [-0.3, -0.25) is 4.79 Å². The molecule has 0 rings (SSSR count). The van der Waals surface area contributed by atoms with Gasteiger partial charge in [0.05, 0.1) is 12.7 Å². The lowest BCUT2D eigenvalue weighted by atomic mass is 10.1. The van der Waals surface area contributed by atoms with Crippen LogP contribution in [0.25, 0.3) is 0 Å². The predicted molar refractivity (Wildman–Crippen MR) is 42.6 cm³/mol. The van der Waals surface area contributed by atoms with Crippen molar-refractivity contribution in [3.05, 3.63) is 0 Å². The summed E-state index contributed by atoms with van der Waals surface area (Å²) in [5, 5.41) is 9.04.